The first-order valence-electron chi connectivity index (χ1n) is 7.68. The predicted octanol–water partition coefficient (Wildman–Crippen LogP) is 1.60. The van der Waals surface area contributed by atoms with Crippen LogP contribution in [0.4, 0.5) is 0 Å². The highest BCUT2D eigenvalue weighted by Crippen LogP contribution is 2.08. The monoisotopic (exact) mass is 316 g/mol. The van der Waals surface area contributed by atoms with Gasteiger partial charge in [-0.1, -0.05) is 33.6 Å². The van der Waals surface area contributed by atoms with E-state index in [9.17, 15) is 8.42 Å². The van der Waals surface area contributed by atoms with E-state index in [1.165, 1.54) is 6.20 Å². The fourth-order valence-corrected chi connectivity index (χ4v) is 2.97. The van der Waals surface area contributed by atoms with Crippen molar-refractivity contribution in [3.8, 4) is 0 Å². The lowest BCUT2D eigenvalue weighted by atomic mass is 10.1. The molecule has 1 heterocycles. The lowest BCUT2D eigenvalue weighted by Crippen LogP contribution is -2.24. The Morgan fingerprint density at radius 3 is 2.71 bits per heavy atom. The average Bonchev–Trinajstić information content (AvgIpc) is 2.88. The van der Waals surface area contributed by atoms with Gasteiger partial charge in [-0.3, -0.25) is 4.68 Å². The van der Waals surface area contributed by atoms with Gasteiger partial charge in [0, 0.05) is 19.3 Å². The Bertz CT molecular complexity index is 497. The van der Waals surface area contributed by atoms with Gasteiger partial charge in [-0.25, -0.2) is 13.1 Å². The van der Waals surface area contributed by atoms with Crippen LogP contribution in [0, 0.1) is 5.92 Å². The van der Waals surface area contributed by atoms with Crippen LogP contribution < -0.4 is 10.0 Å². The average molecular weight is 316 g/mol. The normalized spacial score (nSPS) is 12.2. The van der Waals surface area contributed by atoms with Crippen LogP contribution in [0.3, 0.4) is 0 Å². The lowest BCUT2D eigenvalue weighted by molar-refractivity contribution is 0.530. The highest BCUT2D eigenvalue weighted by Gasteiger charge is 2.15. The Morgan fingerprint density at radius 2 is 2.05 bits per heavy atom. The van der Waals surface area contributed by atoms with E-state index < -0.39 is 10.0 Å². The van der Waals surface area contributed by atoms with Crippen LogP contribution in [0.15, 0.2) is 17.3 Å². The Kier molecular flexibility index (Phi) is 7.92. The molecule has 2 N–H and O–H groups in total. The fraction of sp³-hybridized carbons (Fsp3) is 0.786. The molecule has 0 atom stereocenters. The van der Waals surface area contributed by atoms with E-state index in [2.05, 4.69) is 29.0 Å². The molecule has 1 rings (SSSR count). The minimum Gasteiger partial charge on any atom is -0.315 e. The molecule has 0 aliphatic heterocycles. The first kappa shape index (κ1) is 18.1. The number of nitrogens with zero attached hydrogens (tertiary/aromatic N) is 2. The van der Waals surface area contributed by atoms with Crippen molar-refractivity contribution in [2.45, 2.75) is 51.5 Å². The van der Waals surface area contributed by atoms with Crippen LogP contribution in [0.5, 0.6) is 0 Å². The molecule has 0 unspecified atom stereocenters. The van der Waals surface area contributed by atoms with Gasteiger partial charge in [0.05, 0.1) is 12.7 Å². The molecule has 0 fully saturated rings. The van der Waals surface area contributed by atoms with Gasteiger partial charge >= 0.3 is 0 Å². The maximum Gasteiger partial charge on any atom is 0.243 e. The van der Waals surface area contributed by atoms with Gasteiger partial charge in [-0.15, -0.1) is 0 Å². The number of nitrogens with one attached hydrogen (secondary N) is 2. The second-order valence-electron chi connectivity index (χ2n) is 5.58. The summed E-state index contributed by atoms with van der Waals surface area (Å²) in [4.78, 5) is 0.239. The summed E-state index contributed by atoms with van der Waals surface area (Å²) in [5.74, 6) is 0.663. The zero-order chi connectivity index (χ0) is 15.7. The van der Waals surface area contributed by atoms with E-state index in [-0.39, 0.29) is 4.90 Å². The fourth-order valence-electron chi connectivity index (χ4n) is 1.94. The second kappa shape index (κ2) is 9.17. The first-order chi connectivity index (χ1) is 9.95. The maximum atomic E-state index is 12.1. The van der Waals surface area contributed by atoms with Gasteiger partial charge in [0.1, 0.15) is 4.90 Å². The van der Waals surface area contributed by atoms with Gasteiger partial charge in [0.2, 0.25) is 10.0 Å². The van der Waals surface area contributed by atoms with Crippen LogP contribution in [0.1, 0.15) is 40.0 Å². The SMILES string of the molecule is CCNCCn1cc(S(=O)(=O)NCCCCC(C)C)cn1. The molecule has 0 saturated carbocycles. The lowest BCUT2D eigenvalue weighted by Gasteiger charge is -2.06. The van der Waals surface area contributed by atoms with E-state index >= 15 is 0 Å². The zero-order valence-electron chi connectivity index (χ0n) is 13.3. The largest absolute Gasteiger partial charge is 0.315 e. The molecular formula is C14H28N4O2S. The van der Waals surface area contributed by atoms with Crippen molar-refractivity contribution in [3.63, 3.8) is 0 Å². The Labute approximate surface area is 128 Å². The molecule has 6 nitrogen and oxygen atoms in total. The van der Waals surface area contributed by atoms with Crippen molar-refractivity contribution in [3.05, 3.63) is 12.4 Å². The number of likely N-dealkylation sites (N-methyl/N-ethyl adjacent to an activating group) is 1. The summed E-state index contributed by atoms with van der Waals surface area (Å²) in [5, 5.41) is 7.26. The molecule has 122 valence electrons. The smallest absolute Gasteiger partial charge is 0.243 e. The molecule has 0 saturated heterocycles. The molecule has 21 heavy (non-hydrogen) atoms. The van der Waals surface area contributed by atoms with Gasteiger partial charge < -0.3 is 5.32 Å². The summed E-state index contributed by atoms with van der Waals surface area (Å²) in [7, 11) is -3.42. The van der Waals surface area contributed by atoms with Crippen molar-refractivity contribution in [1.29, 1.82) is 0 Å². The summed E-state index contributed by atoms with van der Waals surface area (Å²) in [6.07, 6.45) is 6.02. The molecule has 0 radical (unpaired) electrons. The zero-order valence-corrected chi connectivity index (χ0v) is 14.1. The van der Waals surface area contributed by atoms with Gasteiger partial charge in [-0.2, -0.15) is 5.10 Å². The molecule has 0 aliphatic carbocycles. The van der Waals surface area contributed by atoms with Crippen LogP contribution >= 0.6 is 0 Å². The molecule has 0 spiro atoms. The van der Waals surface area contributed by atoms with Crippen molar-refractivity contribution >= 4 is 10.0 Å². The van der Waals surface area contributed by atoms with E-state index in [1.54, 1.807) is 10.9 Å². The minimum absolute atomic E-state index is 0.239. The summed E-state index contributed by atoms with van der Waals surface area (Å²) in [6.45, 7) is 9.19. The Hall–Kier alpha value is -0.920. The molecule has 0 aromatic carbocycles. The number of rotatable bonds is 11. The quantitative estimate of drug-likeness (QED) is 0.608. The van der Waals surface area contributed by atoms with Crippen LogP contribution in [0.25, 0.3) is 0 Å². The molecular weight excluding hydrogens is 288 g/mol. The van der Waals surface area contributed by atoms with E-state index in [4.69, 9.17) is 0 Å². The van der Waals surface area contributed by atoms with Crippen molar-refractivity contribution in [2.75, 3.05) is 19.6 Å². The second-order valence-corrected chi connectivity index (χ2v) is 7.35. The van der Waals surface area contributed by atoms with Crippen molar-refractivity contribution in [2.24, 2.45) is 5.92 Å². The third-order valence-electron chi connectivity index (χ3n) is 3.19. The van der Waals surface area contributed by atoms with E-state index in [0.29, 0.717) is 19.0 Å². The maximum absolute atomic E-state index is 12.1. The van der Waals surface area contributed by atoms with Crippen LogP contribution in [-0.2, 0) is 16.6 Å². The number of unbranched alkanes of at least 4 members (excludes halogenated alkanes) is 1. The highest BCUT2D eigenvalue weighted by atomic mass is 32.2. The van der Waals surface area contributed by atoms with Gasteiger partial charge in [-0.05, 0) is 18.9 Å². The molecule has 1 aromatic heterocycles. The van der Waals surface area contributed by atoms with Gasteiger partial charge in [0.25, 0.3) is 0 Å². The highest BCUT2D eigenvalue weighted by molar-refractivity contribution is 7.89. The Morgan fingerprint density at radius 1 is 1.29 bits per heavy atom. The molecule has 1 aromatic rings. The van der Waals surface area contributed by atoms with Crippen molar-refractivity contribution < 1.29 is 8.42 Å². The van der Waals surface area contributed by atoms with Gasteiger partial charge in [0.15, 0.2) is 0 Å². The number of aromatic nitrogens is 2. The van der Waals surface area contributed by atoms with Crippen molar-refractivity contribution in [1.82, 2.24) is 19.8 Å². The van der Waals surface area contributed by atoms with Crippen LogP contribution in [0.2, 0.25) is 0 Å². The standard InChI is InChI=1S/C14H28N4O2S/c1-4-15-9-10-18-12-14(11-16-18)21(19,20)17-8-6-5-7-13(2)3/h11-13,15,17H,4-10H2,1-3H3. The Balaban J connectivity index is 2.39. The molecule has 0 aliphatic rings. The number of sulfonamides is 1. The molecule has 0 bridgehead atoms. The van der Waals surface area contributed by atoms with Crippen LogP contribution in [-0.4, -0.2) is 37.8 Å². The summed E-state index contributed by atoms with van der Waals surface area (Å²) >= 11 is 0. The topological polar surface area (TPSA) is 76.0 Å². The van der Waals surface area contributed by atoms with E-state index in [0.717, 1.165) is 32.4 Å². The summed E-state index contributed by atoms with van der Waals surface area (Å²) in [6, 6.07) is 0. The summed E-state index contributed by atoms with van der Waals surface area (Å²) in [5.41, 5.74) is 0. The third-order valence-corrected chi connectivity index (χ3v) is 4.60. The molecule has 7 heteroatoms. The summed E-state index contributed by atoms with van der Waals surface area (Å²) < 4.78 is 28.5. The van der Waals surface area contributed by atoms with E-state index in [1.807, 2.05) is 6.92 Å². The number of hydrogen-bond acceptors (Lipinski definition) is 4. The minimum atomic E-state index is -3.42. The molecule has 0 amide bonds. The third kappa shape index (κ3) is 7.06. The number of hydrogen-bond donors (Lipinski definition) is 2. The first-order valence-corrected chi connectivity index (χ1v) is 9.17. The predicted molar refractivity (Wildman–Crippen MR) is 84.6 cm³/mol.